The number of nitrogens with zero attached hydrogens (tertiary/aromatic N) is 7. The lowest BCUT2D eigenvalue weighted by atomic mass is 9.95. The number of aryl methyl sites for hydroxylation is 1. The van der Waals surface area contributed by atoms with Crippen LogP contribution in [0.2, 0.25) is 0 Å². The molecule has 2 saturated heterocycles. The summed E-state index contributed by atoms with van der Waals surface area (Å²) in [5.74, 6) is -6.14. The molecule has 28 nitrogen and oxygen atoms in total. The van der Waals surface area contributed by atoms with Crippen LogP contribution in [-0.2, 0) is 35.8 Å². The van der Waals surface area contributed by atoms with Gasteiger partial charge in [-0.05, 0) is 194 Å². The van der Waals surface area contributed by atoms with E-state index in [4.69, 9.17) is 34.2 Å². The molecule has 2 aliphatic carbocycles. The van der Waals surface area contributed by atoms with E-state index >= 15 is 0 Å². The Labute approximate surface area is 792 Å². The van der Waals surface area contributed by atoms with Crippen molar-refractivity contribution in [2.24, 2.45) is 24.8 Å². The van der Waals surface area contributed by atoms with Crippen molar-refractivity contribution in [2.75, 3.05) is 88.9 Å². The molecule has 1 atom stereocenters. The van der Waals surface area contributed by atoms with E-state index in [2.05, 4.69) is 67.2 Å². The lowest BCUT2D eigenvalue weighted by Gasteiger charge is -2.30. The van der Waals surface area contributed by atoms with E-state index in [1.807, 2.05) is 0 Å². The lowest BCUT2D eigenvalue weighted by Crippen LogP contribution is -2.40. The molecule has 38 heteroatoms. The molecule has 4 fully saturated rings. The monoisotopic (exact) mass is 1920 g/mol. The third-order valence-corrected chi connectivity index (χ3v) is 23.5. The number of carbonyl (C=O) groups excluding carboxylic acids is 5. The number of methoxy groups -OCH3 is 5. The molecule has 19 rings (SSSR count). The quantitative estimate of drug-likeness (QED) is 0.0210. The maximum absolute atomic E-state index is 14.6. The molecule has 2 aliphatic heterocycles. The second-order valence-corrected chi connectivity index (χ2v) is 33.1. The summed E-state index contributed by atoms with van der Waals surface area (Å²) in [6.07, 6.45) is 21.5. The SMILES string of the molecule is COc1cc(/C=C/c2n[nH]c3cc(F)c(NC(=O)C4(O)CC4)cc23)ccc1F.COc1cc(/C=C/c2n[nH]c3cc(F)c(NC(=O)C4CC4)cc23)ccc1F.COc1cc(/C=C/c2n[nH]c3cc(F)c(NC(=O)C4CCN(C(C)=O)CC4)cc23)ccc1F.COc1cc(/C=C/c2n[nH]c3cc(F)c(NC(=O)C4CCOC4)cc23)ccc1F.COc1cc(/C=C/c2nn(C)c3cc(F)c(N)cc23)ccc1F. The predicted molar refractivity (Wildman–Crippen MR) is 514 cm³/mol. The highest BCUT2D eigenvalue weighted by molar-refractivity contribution is 6.04. The Kier molecular flexibility index (Phi) is 30.4. The molecule has 0 spiro atoms. The zero-order chi connectivity index (χ0) is 99.3. The smallest absolute Gasteiger partial charge is 0.256 e. The van der Waals surface area contributed by atoms with Crippen LogP contribution in [0.25, 0.3) is 115 Å². The van der Waals surface area contributed by atoms with E-state index in [0.717, 1.165) is 34.9 Å². The molecule has 0 bridgehead atoms. The Hall–Kier alpha value is -16.4. The number of H-pyrrole nitrogens is 4. The number of nitrogens with two attached hydrogens (primary N) is 1. The second-order valence-electron chi connectivity index (χ2n) is 33.1. The number of likely N-dealkylation sites (tertiary alicyclic amines) is 1. The standard InChI is InChI=1S/C24H24F2N4O3.C21H19F2N3O3.C20H17F2N3O3.C20H17F2N3O2.C17H15F2N3O/c1-14(31)30-9-7-16(8-10-30)24(32)27-22-12-17-20(28-29-21(17)13-19(22)26)6-4-15-3-5-18(25)23(11-15)33-2;1-28-20-8-12(2-4-15(20)22)3-5-17-14-9-19(16(23)10-18(14)26-25-17)24-21(27)13-6-7-29-11-13;1-28-18-8-11(2-4-13(18)21)3-5-15-12-9-17(14(22)10-16(12)25-24-15)23-19(26)20(27)6-7-20;1-27-19-8-11(2-6-14(19)21)3-7-16-13-9-18(23-20(26)12-4-5-12)15(22)10-17(13)25-24-16;1-22-16-9-13(19)14(20)8-11(16)15(21-22)6-4-10-3-5-12(18)17(7-10)23-2/h3-6,11-13,16H,7-10H2,1-2H3,(H,27,32)(H,28,29);2-5,8-10,13H,6-7,11H2,1H3,(H,24,27)(H,25,26);2-5,8-10,27H,6-7H2,1H3,(H,23,26)(H,24,25);2-3,6-10,12H,4-5H2,1H3,(H,23,26)(H,24,25);3-9H,20H2,1-2H3/b6-4+;2*5-3+;7-3+;6-4+. The van der Waals surface area contributed by atoms with E-state index in [1.165, 1.54) is 109 Å². The van der Waals surface area contributed by atoms with Crippen LogP contribution in [0.3, 0.4) is 0 Å². The highest BCUT2D eigenvalue weighted by Gasteiger charge is 2.48. The first-order chi connectivity index (χ1) is 67.3. The van der Waals surface area contributed by atoms with Crippen LogP contribution in [-0.4, -0.2) is 158 Å². The van der Waals surface area contributed by atoms with Crippen LogP contribution >= 0.6 is 0 Å². The first-order valence-corrected chi connectivity index (χ1v) is 43.8. The van der Waals surface area contributed by atoms with Crippen molar-refractivity contribution in [2.45, 2.75) is 57.5 Å². The largest absolute Gasteiger partial charge is 0.494 e. The van der Waals surface area contributed by atoms with Crippen molar-refractivity contribution in [1.29, 1.82) is 0 Å². The molecule has 5 amide bonds. The van der Waals surface area contributed by atoms with Crippen molar-refractivity contribution in [3.63, 3.8) is 0 Å². The van der Waals surface area contributed by atoms with Gasteiger partial charge in [0.05, 0.1) is 133 Å². The van der Waals surface area contributed by atoms with Crippen molar-refractivity contribution in [3.05, 3.63) is 266 Å². The number of aliphatic hydroxyl groups is 1. The molecule has 7 heterocycles. The average molecular weight is 1920 g/mol. The van der Waals surface area contributed by atoms with Crippen LogP contribution < -0.4 is 50.7 Å². The first kappa shape index (κ1) is 98.1. The molecule has 11 N–H and O–H groups in total. The normalized spacial score (nSPS) is 14.5. The van der Waals surface area contributed by atoms with Gasteiger partial charge in [0.25, 0.3) is 5.91 Å². The number of carbonyl (C=O) groups is 5. The van der Waals surface area contributed by atoms with Crippen LogP contribution in [0.15, 0.2) is 152 Å². The van der Waals surface area contributed by atoms with E-state index in [0.29, 0.717) is 147 Å². The number of anilines is 5. The van der Waals surface area contributed by atoms with Crippen LogP contribution in [0.4, 0.5) is 72.3 Å². The van der Waals surface area contributed by atoms with Gasteiger partial charge in [-0.15, -0.1) is 0 Å². The fourth-order valence-corrected chi connectivity index (χ4v) is 15.2. The fraction of sp³-hybridized carbons (Fsp3) is 0.216. The Morgan fingerprint density at radius 1 is 0.393 bits per heavy atom. The van der Waals surface area contributed by atoms with Crippen molar-refractivity contribution in [1.82, 2.24) is 55.5 Å². The molecule has 10 aromatic carbocycles. The Morgan fingerprint density at radius 2 is 0.707 bits per heavy atom. The van der Waals surface area contributed by atoms with Crippen molar-refractivity contribution < 1.29 is 101 Å². The highest BCUT2D eigenvalue weighted by atomic mass is 19.2. The highest BCUT2D eigenvalue weighted by Crippen LogP contribution is 2.39. The minimum atomic E-state index is -1.40. The van der Waals surface area contributed by atoms with E-state index in [-0.39, 0.29) is 98.6 Å². The minimum Gasteiger partial charge on any atom is -0.494 e. The van der Waals surface area contributed by atoms with E-state index in [1.54, 1.807) is 162 Å². The van der Waals surface area contributed by atoms with Gasteiger partial charge in [-0.2, -0.15) is 25.5 Å². The summed E-state index contributed by atoms with van der Waals surface area (Å²) >= 11 is 0. The van der Waals surface area contributed by atoms with Crippen LogP contribution in [0.1, 0.15) is 108 Å². The number of rotatable bonds is 23. The molecule has 1 unspecified atom stereocenters. The van der Waals surface area contributed by atoms with Gasteiger partial charge in [-0.1, -0.05) is 60.7 Å². The topological polar surface area (TPSA) is 371 Å². The summed E-state index contributed by atoms with van der Waals surface area (Å²) in [6, 6.07) is 36.6. The molecule has 722 valence electrons. The van der Waals surface area contributed by atoms with Crippen LogP contribution in [0.5, 0.6) is 28.7 Å². The summed E-state index contributed by atoms with van der Waals surface area (Å²) in [5.41, 5.74) is 13.6. The Morgan fingerprint density at radius 3 is 1.01 bits per heavy atom. The number of benzene rings is 10. The van der Waals surface area contributed by atoms with Crippen molar-refractivity contribution in [3.8, 4) is 28.7 Å². The van der Waals surface area contributed by atoms with Gasteiger partial charge in [0.2, 0.25) is 23.6 Å². The number of hydrogen-bond donors (Lipinski definition) is 10. The number of piperidine rings is 1. The first-order valence-electron chi connectivity index (χ1n) is 43.8. The number of hydrogen-bond acceptors (Lipinski definition) is 18. The van der Waals surface area contributed by atoms with Gasteiger partial charge < -0.3 is 65.4 Å². The van der Waals surface area contributed by atoms with Gasteiger partial charge in [-0.25, -0.2) is 43.9 Å². The summed E-state index contributed by atoms with van der Waals surface area (Å²) in [5, 5.41) is 55.7. The van der Waals surface area contributed by atoms with Gasteiger partial charge >= 0.3 is 0 Å². The van der Waals surface area contributed by atoms with E-state index < -0.39 is 69.7 Å². The Balaban J connectivity index is 0.000000133. The second kappa shape index (κ2) is 43.3. The summed E-state index contributed by atoms with van der Waals surface area (Å²) in [6.45, 7) is 3.41. The molecule has 5 aromatic heterocycles. The van der Waals surface area contributed by atoms with Gasteiger partial charge in [0.15, 0.2) is 57.8 Å². The number of aromatic nitrogens is 10. The third-order valence-electron chi connectivity index (χ3n) is 23.5. The van der Waals surface area contributed by atoms with E-state index in [9.17, 15) is 73.0 Å². The Bertz CT molecular complexity index is 7390. The molecule has 4 aliphatic rings. The molecule has 2 saturated carbocycles. The third kappa shape index (κ3) is 23.5. The lowest BCUT2D eigenvalue weighted by molar-refractivity contribution is -0.132. The molecule has 0 radical (unpaired) electrons. The predicted octanol–water partition coefficient (Wildman–Crippen LogP) is 19.7. The van der Waals surface area contributed by atoms with Gasteiger partial charge in [0, 0.05) is 103 Å². The average Bonchev–Trinajstić information content (AvgIpc) is 1.65. The number of nitrogens with one attached hydrogen (secondary N) is 8. The van der Waals surface area contributed by atoms with Crippen molar-refractivity contribution >= 4 is 173 Å². The number of halogens is 10. The zero-order valence-electron chi connectivity index (χ0n) is 76.1. The summed E-state index contributed by atoms with van der Waals surface area (Å²) < 4.78 is 170. The molecular formula is C102H92F10N16O12. The summed E-state index contributed by atoms with van der Waals surface area (Å²) in [4.78, 5) is 62.1. The molecule has 15 aromatic rings. The minimum absolute atomic E-state index is 0.00928. The number of aromatic amines is 4. The number of ether oxygens (including phenoxy) is 6. The maximum atomic E-state index is 14.6. The molecule has 140 heavy (non-hydrogen) atoms. The van der Waals surface area contributed by atoms with Gasteiger partial charge in [-0.3, -0.25) is 49.0 Å². The zero-order valence-corrected chi connectivity index (χ0v) is 76.1. The summed E-state index contributed by atoms with van der Waals surface area (Å²) in [7, 11) is 8.72. The van der Waals surface area contributed by atoms with Gasteiger partial charge in [0.1, 0.15) is 34.7 Å². The fourth-order valence-electron chi connectivity index (χ4n) is 15.2. The molecular weight excluding hydrogens is 1830 g/mol. The number of fused-ring (bicyclic) bond motifs is 5. The maximum Gasteiger partial charge on any atom is 0.256 e. The van der Waals surface area contributed by atoms with Crippen LogP contribution in [0, 0.1) is 75.9 Å². The number of nitrogen functional groups attached to an aromatic ring is 1. The number of amides is 5.